The zero-order valence-corrected chi connectivity index (χ0v) is 15.6. The van der Waals surface area contributed by atoms with Crippen LogP contribution in [0.5, 0.6) is 0 Å². The van der Waals surface area contributed by atoms with Crippen LogP contribution in [-0.4, -0.2) is 45.5 Å². The van der Waals surface area contributed by atoms with Crippen molar-refractivity contribution in [2.24, 2.45) is 0 Å². The van der Waals surface area contributed by atoms with Crippen LogP contribution >= 0.6 is 0 Å². The Morgan fingerprint density at radius 3 is 2.71 bits per heavy atom. The summed E-state index contributed by atoms with van der Waals surface area (Å²) in [6, 6.07) is 15.9. The Kier molecular flexibility index (Phi) is 5.68. The number of carbonyl (C=O) groups is 1. The molecule has 2 aromatic heterocycles. The molecule has 6 heteroatoms. The minimum atomic E-state index is -0.223. The van der Waals surface area contributed by atoms with E-state index >= 15 is 0 Å². The number of nitrogens with zero attached hydrogens (tertiary/aromatic N) is 4. The van der Waals surface area contributed by atoms with E-state index in [4.69, 9.17) is 9.72 Å². The molecule has 0 aliphatic carbocycles. The van der Waals surface area contributed by atoms with Crippen molar-refractivity contribution in [2.45, 2.75) is 18.9 Å². The second-order valence-corrected chi connectivity index (χ2v) is 6.76. The zero-order chi connectivity index (χ0) is 19.2. The van der Waals surface area contributed by atoms with E-state index in [2.05, 4.69) is 22.1 Å². The number of aromatic nitrogens is 3. The lowest BCUT2D eigenvalue weighted by molar-refractivity contribution is -0.139. The van der Waals surface area contributed by atoms with Gasteiger partial charge in [0.05, 0.1) is 24.5 Å². The number of ether oxygens (including phenoxy) is 1. The molecule has 1 aliphatic heterocycles. The molecule has 0 saturated carbocycles. The van der Waals surface area contributed by atoms with Gasteiger partial charge < -0.3 is 9.64 Å². The van der Waals surface area contributed by atoms with Crippen molar-refractivity contribution in [1.29, 1.82) is 0 Å². The number of rotatable bonds is 5. The van der Waals surface area contributed by atoms with Crippen molar-refractivity contribution in [2.75, 3.05) is 19.7 Å². The second-order valence-electron chi connectivity index (χ2n) is 6.76. The van der Waals surface area contributed by atoms with E-state index in [1.807, 2.05) is 41.3 Å². The average Bonchev–Trinajstić information content (AvgIpc) is 2.79. The Labute approximate surface area is 164 Å². The van der Waals surface area contributed by atoms with Crippen LogP contribution in [0.4, 0.5) is 0 Å². The highest BCUT2D eigenvalue weighted by atomic mass is 16.5. The molecule has 1 saturated heterocycles. The van der Waals surface area contributed by atoms with Crippen molar-refractivity contribution in [3.05, 3.63) is 78.5 Å². The van der Waals surface area contributed by atoms with E-state index < -0.39 is 0 Å². The number of carbonyl (C=O) groups excluding carboxylic acids is 1. The third-order valence-electron chi connectivity index (χ3n) is 4.85. The maximum atomic E-state index is 12.7. The average molecular weight is 374 g/mol. The topological polar surface area (TPSA) is 68.2 Å². The predicted octanol–water partition coefficient (Wildman–Crippen LogP) is 3.07. The van der Waals surface area contributed by atoms with Crippen molar-refractivity contribution < 1.29 is 9.53 Å². The molecule has 1 aromatic carbocycles. The standard InChI is InChI=1S/C22H22N4O2/c27-22(10-9-17-5-2-1-3-6-17)26-11-12-28-21(15-26)20-8-4-7-19(25-20)18-13-23-16-24-14-18/h1-8,13-14,16,21H,9-12,15H2/t21-/m0/s1. The van der Waals surface area contributed by atoms with Crippen molar-refractivity contribution in [3.63, 3.8) is 0 Å². The highest BCUT2D eigenvalue weighted by Crippen LogP contribution is 2.24. The minimum absolute atomic E-state index is 0.157. The first-order chi connectivity index (χ1) is 13.8. The number of morpholine rings is 1. The molecule has 0 radical (unpaired) electrons. The summed E-state index contributed by atoms with van der Waals surface area (Å²) < 4.78 is 5.91. The Hall–Kier alpha value is -3.12. The normalized spacial score (nSPS) is 16.7. The van der Waals surface area contributed by atoms with E-state index in [0.717, 1.165) is 23.4 Å². The van der Waals surface area contributed by atoms with Gasteiger partial charge in [-0.05, 0) is 24.1 Å². The highest BCUT2D eigenvalue weighted by molar-refractivity contribution is 5.76. The molecule has 3 aromatic rings. The molecule has 1 amide bonds. The third-order valence-corrected chi connectivity index (χ3v) is 4.85. The molecule has 6 nitrogen and oxygen atoms in total. The van der Waals surface area contributed by atoms with Crippen LogP contribution in [0.2, 0.25) is 0 Å². The number of hydrogen-bond donors (Lipinski definition) is 0. The predicted molar refractivity (Wildman–Crippen MR) is 105 cm³/mol. The first-order valence-corrected chi connectivity index (χ1v) is 9.45. The van der Waals surface area contributed by atoms with Crippen LogP contribution in [0.15, 0.2) is 67.3 Å². The van der Waals surface area contributed by atoms with Gasteiger partial charge in [0.2, 0.25) is 5.91 Å². The van der Waals surface area contributed by atoms with Gasteiger partial charge in [-0.2, -0.15) is 0 Å². The first kappa shape index (κ1) is 18.3. The summed E-state index contributed by atoms with van der Waals surface area (Å²) in [5.41, 5.74) is 3.66. The van der Waals surface area contributed by atoms with Gasteiger partial charge in [0, 0.05) is 30.9 Å². The first-order valence-electron chi connectivity index (χ1n) is 9.45. The molecule has 4 rings (SSSR count). The van der Waals surface area contributed by atoms with Gasteiger partial charge in [0.1, 0.15) is 12.4 Å². The Morgan fingerprint density at radius 2 is 1.89 bits per heavy atom. The largest absolute Gasteiger partial charge is 0.368 e. The summed E-state index contributed by atoms with van der Waals surface area (Å²) >= 11 is 0. The third kappa shape index (κ3) is 4.40. The van der Waals surface area contributed by atoms with Crippen LogP contribution < -0.4 is 0 Å². The van der Waals surface area contributed by atoms with Gasteiger partial charge in [-0.3, -0.25) is 4.79 Å². The van der Waals surface area contributed by atoms with Crippen LogP contribution in [0.1, 0.15) is 23.8 Å². The lowest BCUT2D eigenvalue weighted by atomic mass is 10.1. The Bertz CT molecular complexity index is 918. The van der Waals surface area contributed by atoms with Gasteiger partial charge in [0.25, 0.3) is 0 Å². The van der Waals surface area contributed by atoms with Gasteiger partial charge >= 0.3 is 0 Å². The Balaban J connectivity index is 1.42. The molecule has 0 N–H and O–H groups in total. The number of benzene rings is 1. The fourth-order valence-corrected chi connectivity index (χ4v) is 3.33. The van der Waals surface area contributed by atoms with E-state index in [1.165, 1.54) is 11.9 Å². The molecule has 1 atom stereocenters. The number of pyridine rings is 1. The SMILES string of the molecule is O=C(CCc1ccccc1)N1CCO[C@H](c2cccc(-c3cncnc3)n2)C1. The number of amides is 1. The summed E-state index contributed by atoms with van der Waals surface area (Å²) in [5, 5.41) is 0. The van der Waals surface area contributed by atoms with Crippen molar-refractivity contribution >= 4 is 5.91 Å². The lowest BCUT2D eigenvalue weighted by Gasteiger charge is -2.33. The minimum Gasteiger partial charge on any atom is -0.368 e. The Morgan fingerprint density at radius 1 is 1.07 bits per heavy atom. The van der Waals surface area contributed by atoms with Crippen LogP contribution in [0.25, 0.3) is 11.3 Å². The molecule has 1 aliphatic rings. The van der Waals surface area contributed by atoms with Gasteiger partial charge in [0.15, 0.2) is 0 Å². The van der Waals surface area contributed by atoms with Crippen molar-refractivity contribution in [3.8, 4) is 11.3 Å². The van der Waals surface area contributed by atoms with Crippen LogP contribution in [0.3, 0.4) is 0 Å². The second kappa shape index (κ2) is 8.71. The monoisotopic (exact) mass is 374 g/mol. The number of aryl methyl sites for hydroxylation is 1. The van der Waals surface area contributed by atoms with Gasteiger partial charge in [-0.15, -0.1) is 0 Å². The zero-order valence-electron chi connectivity index (χ0n) is 15.6. The summed E-state index contributed by atoms with van der Waals surface area (Å²) in [4.78, 5) is 27.4. The molecule has 0 bridgehead atoms. The molecule has 3 heterocycles. The molecule has 0 spiro atoms. The van der Waals surface area contributed by atoms with Crippen LogP contribution in [-0.2, 0) is 16.0 Å². The molecule has 142 valence electrons. The molecular formula is C22H22N4O2. The van der Waals surface area contributed by atoms with Gasteiger partial charge in [-0.1, -0.05) is 36.4 Å². The smallest absolute Gasteiger partial charge is 0.223 e. The van der Waals surface area contributed by atoms with Crippen molar-refractivity contribution in [1.82, 2.24) is 19.9 Å². The quantitative estimate of drug-likeness (QED) is 0.687. The molecular weight excluding hydrogens is 352 g/mol. The maximum Gasteiger partial charge on any atom is 0.223 e. The van der Waals surface area contributed by atoms with Crippen LogP contribution in [0, 0.1) is 0 Å². The fourth-order valence-electron chi connectivity index (χ4n) is 3.33. The summed E-state index contributed by atoms with van der Waals surface area (Å²) in [7, 11) is 0. The van der Waals surface area contributed by atoms with E-state index in [-0.39, 0.29) is 12.0 Å². The lowest BCUT2D eigenvalue weighted by Crippen LogP contribution is -2.42. The summed E-state index contributed by atoms with van der Waals surface area (Å²) in [6.45, 7) is 1.66. The molecule has 1 fully saturated rings. The molecule has 0 unspecified atom stereocenters. The van der Waals surface area contributed by atoms with Gasteiger partial charge in [-0.25, -0.2) is 15.0 Å². The highest BCUT2D eigenvalue weighted by Gasteiger charge is 2.26. The van der Waals surface area contributed by atoms with E-state index in [1.54, 1.807) is 12.4 Å². The number of hydrogen-bond acceptors (Lipinski definition) is 5. The molecule has 28 heavy (non-hydrogen) atoms. The fraction of sp³-hybridized carbons (Fsp3) is 0.273. The summed E-state index contributed by atoms with van der Waals surface area (Å²) in [6.07, 6.45) is 6.01. The summed E-state index contributed by atoms with van der Waals surface area (Å²) in [5.74, 6) is 0.157. The van der Waals surface area contributed by atoms with E-state index in [0.29, 0.717) is 26.1 Å². The van der Waals surface area contributed by atoms with E-state index in [9.17, 15) is 4.79 Å². The maximum absolute atomic E-state index is 12.7.